The SMILES string of the molecule is Cc1ccc(CNC(=O)c2nnc(CNC3(C(N)=O)CCCCC3)s2)cc1. The summed E-state index contributed by atoms with van der Waals surface area (Å²) in [6.45, 7) is 2.84. The van der Waals surface area contributed by atoms with Crippen LogP contribution in [0.3, 0.4) is 0 Å². The van der Waals surface area contributed by atoms with Gasteiger partial charge in [-0.3, -0.25) is 14.9 Å². The minimum Gasteiger partial charge on any atom is -0.368 e. The van der Waals surface area contributed by atoms with Crippen LogP contribution in [0.4, 0.5) is 0 Å². The number of carbonyl (C=O) groups excluding carboxylic acids is 2. The zero-order chi connectivity index (χ0) is 19.3. The summed E-state index contributed by atoms with van der Waals surface area (Å²) in [7, 11) is 0. The van der Waals surface area contributed by atoms with E-state index in [0.717, 1.165) is 37.7 Å². The quantitative estimate of drug-likeness (QED) is 0.673. The lowest BCUT2D eigenvalue weighted by Gasteiger charge is -2.34. The molecule has 0 unspecified atom stereocenters. The molecule has 0 saturated heterocycles. The zero-order valence-corrected chi connectivity index (χ0v) is 16.3. The molecule has 2 amide bonds. The number of nitrogens with one attached hydrogen (secondary N) is 2. The Morgan fingerprint density at radius 3 is 2.48 bits per heavy atom. The first-order valence-corrected chi connectivity index (χ1v) is 10.0. The first-order chi connectivity index (χ1) is 13.0. The van der Waals surface area contributed by atoms with Crippen molar-refractivity contribution in [1.82, 2.24) is 20.8 Å². The molecule has 0 atom stereocenters. The van der Waals surface area contributed by atoms with Gasteiger partial charge in [-0.05, 0) is 25.3 Å². The topological polar surface area (TPSA) is 110 Å². The Labute approximate surface area is 162 Å². The Bertz CT molecular complexity index is 797. The van der Waals surface area contributed by atoms with Gasteiger partial charge in [0.05, 0.1) is 12.1 Å². The van der Waals surface area contributed by atoms with Crippen LogP contribution in [0.5, 0.6) is 0 Å². The second-order valence-electron chi connectivity index (χ2n) is 7.03. The van der Waals surface area contributed by atoms with Crippen molar-refractivity contribution in [2.45, 2.75) is 57.7 Å². The highest BCUT2D eigenvalue weighted by molar-refractivity contribution is 7.13. The molecule has 27 heavy (non-hydrogen) atoms. The summed E-state index contributed by atoms with van der Waals surface area (Å²) in [4.78, 5) is 24.2. The highest BCUT2D eigenvalue weighted by Crippen LogP contribution is 2.28. The average molecular weight is 388 g/mol. The highest BCUT2D eigenvalue weighted by Gasteiger charge is 2.37. The molecule has 1 aliphatic rings. The molecule has 0 radical (unpaired) electrons. The number of amides is 2. The van der Waals surface area contributed by atoms with Crippen LogP contribution >= 0.6 is 11.3 Å². The minimum atomic E-state index is -0.669. The molecule has 0 aliphatic heterocycles. The van der Waals surface area contributed by atoms with Crippen molar-refractivity contribution in [3.8, 4) is 0 Å². The maximum absolute atomic E-state index is 12.3. The third-order valence-electron chi connectivity index (χ3n) is 4.99. The van der Waals surface area contributed by atoms with Crippen molar-refractivity contribution in [2.24, 2.45) is 5.73 Å². The number of nitrogens with two attached hydrogens (primary N) is 1. The van der Waals surface area contributed by atoms with Crippen LogP contribution in [0.25, 0.3) is 0 Å². The molecule has 2 aromatic rings. The van der Waals surface area contributed by atoms with Gasteiger partial charge in [-0.1, -0.05) is 60.4 Å². The van der Waals surface area contributed by atoms with E-state index >= 15 is 0 Å². The molecule has 1 aromatic heterocycles. The number of hydrogen-bond donors (Lipinski definition) is 3. The summed E-state index contributed by atoms with van der Waals surface area (Å²) in [6, 6.07) is 7.99. The molecular formula is C19H25N5O2S. The van der Waals surface area contributed by atoms with E-state index in [1.807, 2.05) is 31.2 Å². The van der Waals surface area contributed by atoms with E-state index in [4.69, 9.17) is 5.73 Å². The summed E-state index contributed by atoms with van der Waals surface area (Å²) in [5.41, 5.74) is 7.16. The summed E-state index contributed by atoms with van der Waals surface area (Å²) >= 11 is 1.23. The second kappa shape index (κ2) is 8.58. The van der Waals surface area contributed by atoms with E-state index in [2.05, 4.69) is 20.8 Å². The Morgan fingerprint density at radius 1 is 1.11 bits per heavy atom. The largest absolute Gasteiger partial charge is 0.368 e. The molecule has 0 spiro atoms. The van der Waals surface area contributed by atoms with Gasteiger partial charge in [-0.15, -0.1) is 10.2 Å². The van der Waals surface area contributed by atoms with Crippen molar-refractivity contribution in [3.05, 3.63) is 45.4 Å². The van der Waals surface area contributed by atoms with Gasteiger partial charge in [-0.25, -0.2) is 0 Å². The van der Waals surface area contributed by atoms with Gasteiger partial charge < -0.3 is 11.1 Å². The van der Waals surface area contributed by atoms with Gasteiger partial charge in [-0.2, -0.15) is 0 Å². The fraction of sp³-hybridized carbons (Fsp3) is 0.474. The number of aromatic nitrogens is 2. The van der Waals surface area contributed by atoms with Gasteiger partial charge in [0.15, 0.2) is 0 Å². The Kier molecular flexibility index (Phi) is 6.18. The smallest absolute Gasteiger partial charge is 0.282 e. The van der Waals surface area contributed by atoms with Gasteiger partial charge in [0.1, 0.15) is 5.01 Å². The van der Waals surface area contributed by atoms with Gasteiger partial charge in [0.25, 0.3) is 5.91 Å². The lowest BCUT2D eigenvalue weighted by Crippen LogP contribution is -2.56. The molecule has 1 aromatic carbocycles. The van der Waals surface area contributed by atoms with Crippen LogP contribution in [-0.2, 0) is 17.9 Å². The van der Waals surface area contributed by atoms with Gasteiger partial charge in [0, 0.05) is 6.54 Å². The number of carbonyl (C=O) groups is 2. The average Bonchev–Trinajstić information content (AvgIpc) is 3.15. The second-order valence-corrected chi connectivity index (χ2v) is 8.09. The van der Waals surface area contributed by atoms with E-state index in [1.54, 1.807) is 0 Å². The highest BCUT2D eigenvalue weighted by atomic mass is 32.1. The van der Waals surface area contributed by atoms with Crippen LogP contribution in [0.2, 0.25) is 0 Å². The van der Waals surface area contributed by atoms with Crippen LogP contribution in [0, 0.1) is 6.92 Å². The Hall–Kier alpha value is -2.32. The van der Waals surface area contributed by atoms with E-state index < -0.39 is 5.54 Å². The van der Waals surface area contributed by atoms with E-state index in [1.165, 1.54) is 16.9 Å². The van der Waals surface area contributed by atoms with Crippen molar-refractivity contribution >= 4 is 23.2 Å². The molecule has 8 heteroatoms. The maximum atomic E-state index is 12.3. The normalized spacial score (nSPS) is 16.0. The molecule has 1 saturated carbocycles. The summed E-state index contributed by atoms with van der Waals surface area (Å²) in [6.07, 6.45) is 4.58. The lowest BCUT2D eigenvalue weighted by molar-refractivity contribution is -0.125. The van der Waals surface area contributed by atoms with Crippen molar-refractivity contribution in [2.75, 3.05) is 0 Å². The molecule has 0 bridgehead atoms. The maximum Gasteiger partial charge on any atom is 0.282 e. The van der Waals surface area contributed by atoms with E-state index in [-0.39, 0.29) is 11.8 Å². The standard InChI is InChI=1S/C19H25N5O2S/c1-13-5-7-14(8-6-13)11-21-16(25)17-24-23-15(27-17)12-22-19(18(20)26)9-3-2-4-10-19/h5-8,22H,2-4,9-12H2,1H3,(H2,20,26)(H,21,25). The lowest BCUT2D eigenvalue weighted by atomic mass is 9.81. The van der Waals surface area contributed by atoms with Crippen LogP contribution in [-0.4, -0.2) is 27.6 Å². The minimum absolute atomic E-state index is 0.249. The third-order valence-corrected chi connectivity index (χ3v) is 5.91. The fourth-order valence-corrected chi connectivity index (χ4v) is 3.99. The predicted molar refractivity (Wildman–Crippen MR) is 104 cm³/mol. The molecule has 144 valence electrons. The zero-order valence-electron chi connectivity index (χ0n) is 15.5. The number of primary amides is 1. The molecule has 4 N–H and O–H groups in total. The summed E-state index contributed by atoms with van der Waals surface area (Å²) in [5, 5.41) is 15.2. The Balaban J connectivity index is 1.55. The molecule has 7 nitrogen and oxygen atoms in total. The number of benzene rings is 1. The van der Waals surface area contributed by atoms with Crippen molar-refractivity contribution in [1.29, 1.82) is 0 Å². The van der Waals surface area contributed by atoms with Crippen molar-refractivity contribution < 1.29 is 9.59 Å². The number of nitrogens with zero attached hydrogens (tertiary/aromatic N) is 2. The third kappa shape index (κ3) is 4.90. The first kappa shape index (κ1) is 19.4. The van der Waals surface area contributed by atoms with E-state index in [0.29, 0.717) is 23.1 Å². The fourth-order valence-electron chi connectivity index (χ4n) is 3.29. The number of rotatable bonds is 7. The summed E-state index contributed by atoms with van der Waals surface area (Å²) in [5.74, 6) is -0.565. The van der Waals surface area contributed by atoms with Gasteiger partial charge >= 0.3 is 0 Å². The predicted octanol–water partition coefficient (Wildman–Crippen LogP) is 2.05. The molecular weight excluding hydrogens is 362 g/mol. The van der Waals surface area contributed by atoms with E-state index in [9.17, 15) is 9.59 Å². The molecule has 3 rings (SSSR count). The van der Waals surface area contributed by atoms with Crippen molar-refractivity contribution in [3.63, 3.8) is 0 Å². The molecule has 1 heterocycles. The number of aryl methyl sites for hydroxylation is 1. The van der Waals surface area contributed by atoms with Gasteiger partial charge in [0.2, 0.25) is 10.9 Å². The van der Waals surface area contributed by atoms with Crippen LogP contribution in [0.15, 0.2) is 24.3 Å². The first-order valence-electron chi connectivity index (χ1n) is 9.20. The summed E-state index contributed by atoms with van der Waals surface area (Å²) < 4.78 is 0. The number of hydrogen-bond acceptors (Lipinski definition) is 6. The molecule has 1 fully saturated rings. The van der Waals surface area contributed by atoms with Crippen LogP contribution in [0.1, 0.15) is 58.0 Å². The van der Waals surface area contributed by atoms with Crippen LogP contribution < -0.4 is 16.4 Å². The Morgan fingerprint density at radius 2 is 1.81 bits per heavy atom. The monoisotopic (exact) mass is 387 g/mol. The molecule has 1 aliphatic carbocycles.